The van der Waals surface area contributed by atoms with Crippen LogP contribution in [0.15, 0.2) is 30.3 Å². The molecule has 0 radical (unpaired) electrons. The highest BCUT2D eigenvalue weighted by Gasteiger charge is 2.04. The minimum atomic E-state index is 0.208. The Morgan fingerprint density at radius 1 is 1.33 bits per heavy atom. The number of hydrogen-bond donors (Lipinski definition) is 2. The minimum absolute atomic E-state index is 0.208. The Bertz CT molecular complexity index is 631. The van der Waals surface area contributed by atoms with Crippen molar-refractivity contribution in [3.63, 3.8) is 0 Å². The van der Waals surface area contributed by atoms with Gasteiger partial charge in [-0.15, -0.1) is 0 Å². The average molecular weight is 259 g/mol. The molecule has 18 heavy (non-hydrogen) atoms. The molecule has 1 aromatic carbocycles. The fourth-order valence-electron chi connectivity index (χ4n) is 1.50. The number of nitrogens with two attached hydrogens (primary N) is 1. The summed E-state index contributed by atoms with van der Waals surface area (Å²) in [6.45, 7) is 1.96. The monoisotopic (exact) mass is 258 g/mol. The number of benzene rings is 1. The third kappa shape index (κ3) is 2.53. The predicted octanol–water partition coefficient (Wildman–Crippen LogP) is 3.24. The summed E-state index contributed by atoms with van der Waals surface area (Å²) < 4.78 is 0. The molecule has 90 valence electrons. The van der Waals surface area contributed by atoms with Crippen molar-refractivity contribution in [1.82, 2.24) is 4.98 Å². The highest BCUT2D eigenvalue weighted by atomic mass is 35.5. The van der Waals surface area contributed by atoms with Crippen molar-refractivity contribution in [1.29, 1.82) is 5.26 Å². The lowest BCUT2D eigenvalue weighted by molar-refractivity contribution is 1.25. The first-order valence-electron chi connectivity index (χ1n) is 5.30. The fourth-order valence-corrected chi connectivity index (χ4v) is 1.67. The number of nitriles is 1. The number of aromatic nitrogens is 1. The molecular weight excluding hydrogens is 248 g/mol. The van der Waals surface area contributed by atoms with Crippen molar-refractivity contribution >= 4 is 28.8 Å². The summed E-state index contributed by atoms with van der Waals surface area (Å²) in [5.41, 5.74) is 8.08. The fraction of sp³-hybridized carbons (Fsp3) is 0.0769. The Balaban J connectivity index is 2.34. The summed E-state index contributed by atoms with van der Waals surface area (Å²) in [5.74, 6) is 0.561. The van der Waals surface area contributed by atoms with E-state index in [9.17, 15) is 0 Å². The van der Waals surface area contributed by atoms with Gasteiger partial charge in [-0.1, -0.05) is 17.7 Å². The van der Waals surface area contributed by atoms with Crippen LogP contribution in [-0.2, 0) is 0 Å². The third-order valence-corrected chi connectivity index (χ3v) is 2.73. The van der Waals surface area contributed by atoms with Gasteiger partial charge in [-0.3, -0.25) is 0 Å². The minimum Gasteiger partial charge on any atom is -0.396 e. The maximum atomic E-state index is 8.87. The predicted molar refractivity (Wildman–Crippen MR) is 72.8 cm³/mol. The van der Waals surface area contributed by atoms with Gasteiger partial charge in [0, 0.05) is 10.7 Å². The number of nitrogen functional groups attached to an aromatic ring is 1. The van der Waals surface area contributed by atoms with Gasteiger partial charge < -0.3 is 11.1 Å². The topological polar surface area (TPSA) is 74.7 Å². The van der Waals surface area contributed by atoms with Gasteiger partial charge in [0.05, 0.1) is 5.69 Å². The van der Waals surface area contributed by atoms with Crippen molar-refractivity contribution in [3.05, 3.63) is 46.6 Å². The van der Waals surface area contributed by atoms with E-state index in [1.54, 1.807) is 18.2 Å². The highest BCUT2D eigenvalue weighted by Crippen LogP contribution is 2.24. The third-order valence-electron chi connectivity index (χ3n) is 2.49. The zero-order chi connectivity index (χ0) is 13.1. The summed E-state index contributed by atoms with van der Waals surface area (Å²) in [4.78, 5) is 4.12. The zero-order valence-electron chi connectivity index (χ0n) is 9.74. The molecule has 0 spiro atoms. The lowest BCUT2D eigenvalue weighted by atomic mass is 10.2. The molecule has 2 rings (SSSR count). The SMILES string of the molecule is Cc1ccc(Cl)cc1Nc1ccc(N)c(C#N)n1. The van der Waals surface area contributed by atoms with Gasteiger partial charge in [0.2, 0.25) is 0 Å². The molecule has 3 N–H and O–H groups in total. The van der Waals surface area contributed by atoms with Crippen LogP contribution in [0.3, 0.4) is 0 Å². The van der Waals surface area contributed by atoms with Crippen molar-refractivity contribution in [2.75, 3.05) is 11.1 Å². The second kappa shape index (κ2) is 4.94. The normalized spacial score (nSPS) is 9.83. The van der Waals surface area contributed by atoms with E-state index in [0.717, 1.165) is 11.3 Å². The Kier molecular flexibility index (Phi) is 3.35. The van der Waals surface area contributed by atoms with E-state index in [1.807, 2.05) is 25.1 Å². The van der Waals surface area contributed by atoms with Crippen LogP contribution < -0.4 is 11.1 Å². The smallest absolute Gasteiger partial charge is 0.165 e. The summed E-state index contributed by atoms with van der Waals surface area (Å²) in [6, 6.07) is 10.8. The number of rotatable bonds is 2. The first kappa shape index (κ1) is 12.2. The van der Waals surface area contributed by atoms with Crippen LogP contribution in [0.25, 0.3) is 0 Å². The summed E-state index contributed by atoms with van der Waals surface area (Å²) in [7, 11) is 0. The standard InChI is InChI=1S/C13H11ClN4/c1-8-2-3-9(14)6-11(8)17-13-5-4-10(16)12(7-15)18-13/h2-6H,16H2,1H3,(H,17,18). The molecule has 0 aliphatic heterocycles. The van der Waals surface area contributed by atoms with Gasteiger partial charge in [-0.05, 0) is 36.8 Å². The van der Waals surface area contributed by atoms with Crippen molar-refractivity contribution < 1.29 is 0 Å². The molecule has 4 nitrogen and oxygen atoms in total. The molecule has 0 saturated carbocycles. The summed E-state index contributed by atoms with van der Waals surface area (Å²) in [5, 5.41) is 12.6. The van der Waals surface area contributed by atoms with Gasteiger partial charge >= 0.3 is 0 Å². The van der Waals surface area contributed by atoms with E-state index < -0.39 is 0 Å². The molecule has 0 fully saturated rings. The lowest BCUT2D eigenvalue weighted by Crippen LogP contribution is -2.00. The van der Waals surface area contributed by atoms with E-state index in [4.69, 9.17) is 22.6 Å². The van der Waals surface area contributed by atoms with Crippen LogP contribution >= 0.6 is 11.6 Å². The van der Waals surface area contributed by atoms with E-state index in [1.165, 1.54) is 0 Å². The molecule has 0 unspecified atom stereocenters. The van der Waals surface area contributed by atoms with Gasteiger partial charge in [-0.25, -0.2) is 4.98 Å². The van der Waals surface area contributed by atoms with Gasteiger partial charge in [0.1, 0.15) is 11.9 Å². The molecule has 0 saturated heterocycles. The number of anilines is 3. The molecule has 1 heterocycles. The van der Waals surface area contributed by atoms with E-state index in [-0.39, 0.29) is 5.69 Å². The first-order chi connectivity index (χ1) is 8.60. The van der Waals surface area contributed by atoms with Gasteiger partial charge in [-0.2, -0.15) is 5.26 Å². The van der Waals surface area contributed by atoms with Crippen LogP contribution in [0.5, 0.6) is 0 Å². The lowest BCUT2D eigenvalue weighted by Gasteiger charge is -2.09. The number of hydrogen-bond acceptors (Lipinski definition) is 4. The number of pyridine rings is 1. The second-order valence-electron chi connectivity index (χ2n) is 3.83. The number of nitrogens with one attached hydrogen (secondary N) is 1. The highest BCUT2D eigenvalue weighted by molar-refractivity contribution is 6.30. The molecular formula is C13H11ClN4. The Morgan fingerprint density at radius 3 is 2.83 bits per heavy atom. The van der Waals surface area contributed by atoms with E-state index >= 15 is 0 Å². The second-order valence-corrected chi connectivity index (χ2v) is 4.27. The van der Waals surface area contributed by atoms with Gasteiger partial charge in [0.25, 0.3) is 0 Å². The maximum Gasteiger partial charge on any atom is 0.165 e. The molecule has 0 aliphatic carbocycles. The van der Waals surface area contributed by atoms with E-state index in [2.05, 4.69) is 10.3 Å². The molecule has 0 amide bonds. The van der Waals surface area contributed by atoms with Crippen molar-refractivity contribution in [3.8, 4) is 6.07 Å². The molecule has 2 aromatic rings. The average Bonchev–Trinajstić information content (AvgIpc) is 2.36. The number of nitrogens with zero attached hydrogens (tertiary/aromatic N) is 2. The maximum absolute atomic E-state index is 8.87. The van der Waals surface area contributed by atoms with Crippen LogP contribution in [-0.4, -0.2) is 4.98 Å². The van der Waals surface area contributed by atoms with Crippen LogP contribution in [0.1, 0.15) is 11.3 Å². The van der Waals surface area contributed by atoms with Crippen molar-refractivity contribution in [2.45, 2.75) is 6.92 Å². The molecule has 5 heteroatoms. The Labute approximate surface area is 110 Å². The molecule has 0 bridgehead atoms. The Morgan fingerprint density at radius 2 is 2.11 bits per heavy atom. The molecule has 0 atom stereocenters. The number of halogens is 1. The van der Waals surface area contributed by atoms with Gasteiger partial charge in [0.15, 0.2) is 5.69 Å². The first-order valence-corrected chi connectivity index (χ1v) is 5.68. The summed E-state index contributed by atoms with van der Waals surface area (Å²) in [6.07, 6.45) is 0. The zero-order valence-corrected chi connectivity index (χ0v) is 10.5. The van der Waals surface area contributed by atoms with Crippen LogP contribution in [0, 0.1) is 18.3 Å². The Hall–Kier alpha value is -2.25. The van der Waals surface area contributed by atoms with E-state index in [0.29, 0.717) is 16.5 Å². The summed E-state index contributed by atoms with van der Waals surface area (Å²) >= 11 is 5.93. The van der Waals surface area contributed by atoms with Crippen LogP contribution in [0.4, 0.5) is 17.2 Å². The molecule has 1 aromatic heterocycles. The molecule has 0 aliphatic rings. The van der Waals surface area contributed by atoms with Crippen molar-refractivity contribution in [2.24, 2.45) is 0 Å². The number of aryl methyl sites for hydroxylation is 1. The largest absolute Gasteiger partial charge is 0.396 e. The quantitative estimate of drug-likeness (QED) is 0.867. The van der Waals surface area contributed by atoms with Crippen LogP contribution in [0.2, 0.25) is 5.02 Å².